The maximum Gasteiger partial charge on any atom is 0.327 e. The summed E-state index contributed by atoms with van der Waals surface area (Å²) in [6.45, 7) is 0.503. The van der Waals surface area contributed by atoms with Crippen molar-refractivity contribution < 1.29 is 14.3 Å². The van der Waals surface area contributed by atoms with Gasteiger partial charge >= 0.3 is 5.97 Å². The third-order valence-electron chi connectivity index (χ3n) is 2.94. The molecular weight excluding hydrogens is 254 g/mol. The van der Waals surface area contributed by atoms with Gasteiger partial charge in [0.05, 0.1) is 7.11 Å². The Labute approximate surface area is 118 Å². The zero-order valence-corrected chi connectivity index (χ0v) is 11.3. The van der Waals surface area contributed by atoms with Crippen LogP contribution in [0.15, 0.2) is 54.6 Å². The summed E-state index contributed by atoms with van der Waals surface area (Å²) in [5.74, 6) is 0.276. The van der Waals surface area contributed by atoms with Crippen LogP contribution in [0.2, 0.25) is 0 Å². The number of benzene rings is 2. The van der Waals surface area contributed by atoms with Crippen molar-refractivity contribution in [3.05, 3.63) is 65.7 Å². The van der Waals surface area contributed by atoms with Crippen LogP contribution in [0.25, 0.3) is 0 Å². The molecule has 20 heavy (non-hydrogen) atoms. The number of rotatable bonds is 5. The Morgan fingerprint density at radius 3 is 2.35 bits per heavy atom. The smallest absolute Gasteiger partial charge is 0.327 e. The lowest BCUT2D eigenvalue weighted by molar-refractivity contribution is -0.142. The molecule has 0 radical (unpaired) electrons. The highest BCUT2D eigenvalue weighted by Gasteiger charge is 2.15. The normalized spacial score (nSPS) is 11.7. The molecule has 0 spiro atoms. The second-order valence-electron chi connectivity index (χ2n) is 4.34. The van der Waals surface area contributed by atoms with E-state index in [1.807, 2.05) is 30.3 Å². The Kier molecular flexibility index (Phi) is 4.74. The Hall–Kier alpha value is -2.33. The number of methoxy groups -OCH3 is 1. The molecule has 0 bridgehead atoms. The maximum atomic E-state index is 11.3. The third kappa shape index (κ3) is 3.59. The lowest BCUT2D eigenvalue weighted by atomic mass is 10.1. The van der Waals surface area contributed by atoms with E-state index in [2.05, 4.69) is 4.74 Å². The van der Waals surface area contributed by atoms with Crippen LogP contribution < -0.4 is 10.5 Å². The number of hydrogen-bond donors (Lipinski definition) is 1. The molecule has 4 nitrogen and oxygen atoms in total. The van der Waals surface area contributed by atoms with E-state index in [9.17, 15) is 4.79 Å². The minimum absolute atomic E-state index is 0.456. The van der Waals surface area contributed by atoms with E-state index in [1.54, 1.807) is 24.3 Å². The summed E-state index contributed by atoms with van der Waals surface area (Å²) in [6.07, 6.45) is 0. The second kappa shape index (κ2) is 6.73. The summed E-state index contributed by atoms with van der Waals surface area (Å²) >= 11 is 0. The van der Waals surface area contributed by atoms with Crippen LogP contribution >= 0.6 is 0 Å². The number of esters is 1. The fourth-order valence-corrected chi connectivity index (χ4v) is 1.78. The Balaban J connectivity index is 1.96. The first-order valence-corrected chi connectivity index (χ1v) is 6.31. The topological polar surface area (TPSA) is 61.5 Å². The molecule has 2 N–H and O–H groups in total. The molecule has 2 aromatic carbocycles. The minimum atomic E-state index is -0.761. The summed E-state index contributed by atoms with van der Waals surface area (Å²) in [6, 6.07) is 16.3. The Bertz CT molecular complexity index is 552. The van der Waals surface area contributed by atoms with E-state index in [-0.39, 0.29) is 0 Å². The zero-order chi connectivity index (χ0) is 14.4. The van der Waals surface area contributed by atoms with Crippen molar-refractivity contribution in [2.75, 3.05) is 7.11 Å². The molecule has 0 saturated heterocycles. The molecule has 0 aliphatic rings. The van der Waals surface area contributed by atoms with Crippen molar-refractivity contribution in [3.8, 4) is 5.75 Å². The van der Waals surface area contributed by atoms with E-state index in [0.717, 1.165) is 11.3 Å². The van der Waals surface area contributed by atoms with Gasteiger partial charge in [-0.2, -0.15) is 0 Å². The first-order valence-electron chi connectivity index (χ1n) is 6.31. The van der Waals surface area contributed by atoms with Crippen LogP contribution in [0, 0.1) is 0 Å². The molecule has 2 aromatic rings. The number of hydrogen-bond acceptors (Lipinski definition) is 4. The monoisotopic (exact) mass is 271 g/mol. The summed E-state index contributed by atoms with van der Waals surface area (Å²) in [5, 5.41) is 0. The van der Waals surface area contributed by atoms with E-state index >= 15 is 0 Å². The minimum Gasteiger partial charge on any atom is -0.489 e. The van der Waals surface area contributed by atoms with Crippen molar-refractivity contribution in [3.63, 3.8) is 0 Å². The largest absolute Gasteiger partial charge is 0.489 e. The number of ether oxygens (including phenoxy) is 2. The van der Waals surface area contributed by atoms with Crippen LogP contribution in [0.5, 0.6) is 5.75 Å². The van der Waals surface area contributed by atoms with Crippen molar-refractivity contribution in [1.82, 2.24) is 0 Å². The van der Waals surface area contributed by atoms with Gasteiger partial charge in [-0.25, -0.2) is 0 Å². The van der Waals surface area contributed by atoms with Gasteiger partial charge in [0.25, 0.3) is 0 Å². The molecule has 2 rings (SSSR count). The first kappa shape index (κ1) is 14.1. The van der Waals surface area contributed by atoms with Gasteiger partial charge in [0.1, 0.15) is 18.4 Å². The van der Waals surface area contributed by atoms with E-state index < -0.39 is 12.0 Å². The maximum absolute atomic E-state index is 11.3. The first-order chi connectivity index (χ1) is 9.70. The van der Waals surface area contributed by atoms with Crippen LogP contribution in [-0.2, 0) is 16.1 Å². The van der Waals surface area contributed by atoms with Gasteiger partial charge in [-0.05, 0) is 23.3 Å². The standard InChI is InChI=1S/C16H17NO3/c1-19-16(18)15(17)13-7-9-14(10-8-13)20-11-12-5-3-2-4-6-12/h2-10,15H,11,17H2,1H3/t15-/m0/s1. The van der Waals surface area contributed by atoms with E-state index in [1.165, 1.54) is 7.11 Å². The fraction of sp³-hybridized carbons (Fsp3) is 0.188. The third-order valence-corrected chi connectivity index (χ3v) is 2.94. The summed E-state index contributed by atoms with van der Waals surface area (Å²) in [7, 11) is 1.32. The molecule has 1 atom stereocenters. The second-order valence-corrected chi connectivity index (χ2v) is 4.34. The molecule has 0 unspecified atom stereocenters. The Morgan fingerprint density at radius 1 is 1.10 bits per heavy atom. The molecule has 0 amide bonds. The van der Waals surface area contributed by atoms with Gasteiger partial charge in [-0.1, -0.05) is 42.5 Å². The van der Waals surface area contributed by atoms with E-state index in [4.69, 9.17) is 10.5 Å². The predicted octanol–water partition coefficient (Wildman–Crippen LogP) is 2.44. The molecule has 4 heteroatoms. The summed E-state index contributed by atoms with van der Waals surface area (Å²) in [5.41, 5.74) is 7.55. The molecule has 104 valence electrons. The van der Waals surface area contributed by atoms with Gasteiger partial charge in [-0.15, -0.1) is 0 Å². The van der Waals surface area contributed by atoms with Crippen molar-refractivity contribution in [1.29, 1.82) is 0 Å². The molecule has 0 heterocycles. The number of carbonyl (C=O) groups excluding carboxylic acids is 1. The highest BCUT2D eigenvalue weighted by atomic mass is 16.5. The Morgan fingerprint density at radius 2 is 1.75 bits per heavy atom. The summed E-state index contributed by atoms with van der Waals surface area (Å²) < 4.78 is 10.3. The molecule has 0 aromatic heterocycles. The highest BCUT2D eigenvalue weighted by molar-refractivity contribution is 5.77. The van der Waals surface area contributed by atoms with Gasteiger partial charge < -0.3 is 15.2 Å². The molecule has 0 aliphatic heterocycles. The molecule has 0 fully saturated rings. The van der Waals surface area contributed by atoms with Crippen LogP contribution in [0.4, 0.5) is 0 Å². The molecule has 0 saturated carbocycles. The average molecular weight is 271 g/mol. The quantitative estimate of drug-likeness (QED) is 0.848. The van der Waals surface area contributed by atoms with Gasteiger partial charge in [0.15, 0.2) is 0 Å². The zero-order valence-electron chi connectivity index (χ0n) is 11.3. The molecule has 0 aliphatic carbocycles. The SMILES string of the molecule is COC(=O)[C@@H](N)c1ccc(OCc2ccccc2)cc1. The van der Waals surface area contributed by atoms with Gasteiger partial charge in [0, 0.05) is 0 Å². The van der Waals surface area contributed by atoms with Crippen molar-refractivity contribution in [2.45, 2.75) is 12.6 Å². The predicted molar refractivity (Wildman–Crippen MR) is 76.2 cm³/mol. The molecular formula is C16H17NO3. The fourth-order valence-electron chi connectivity index (χ4n) is 1.78. The van der Waals surface area contributed by atoms with Crippen LogP contribution in [0.3, 0.4) is 0 Å². The van der Waals surface area contributed by atoms with Crippen LogP contribution in [0.1, 0.15) is 17.2 Å². The van der Waals surface area contributed by atoms with Crippen molar-refractivity contribution >= 4 is 5.97 Å². The van der Waals surface area contributed by atoms with E-state index in [0.29, 0.717) is 12.2 Å². The average Bonchev–Trinajstić information content (AvgIpc) is 2.53. The lowest BCUT2D eigenvalue weighted by Gasteiger charge is -2.11. The van der Waals surface area contributed by atoms with Gasteiger partial charge in [-0.3, -0.25) is 4.79 Å². The van der Waals surface area contributed by atoms with Crippen molar-refractivity contribution in [2.24, 2.45) is 5.73 Å². The summed E-state index contributed by atoms with van der Waals surface area (Å²) in [4.78, 5) is 11.3. The van der Waals surface area contributed by atoms with Crippen LogP contribution in [-0.4, -0.2) is 13.1 Å². The number of nitrogens with two attached hydrogens (primary N) is 1. The highest BCUT2D eigenvalue weighted by Crippen LogP contribution is 2.18. The number of carbonyl (C=O) groups is 1. The van der Waals surface area contributed by atoms with Gasteiger partial charge in [0.2, 0.25) is 0 Å². The lowest BCUT2D eigenvalue weighted by Crippen LogP contribution is -2.22.